The topological polar surface area (TPSA) is 26.3 Å². The van der Waals surface area contributed by atoms with Crippen LogP contribution in [0, 0.1) is 29.6 Å². The predicted octanol–water partition coefficient (Wildman–Crippen LogP) is 4.35. The van der Waals surface area contributed by atoms with Crippen LogP contribution in [0.5, 0.6) is 0 Å². The molecular formula is C18H28O2. The molecule has 3 aliphatic rings. The molecule has 0 spiro atoms. The number of esters is 1. The predicted molar refractivity (Wildman–Crippen MR) is 80.2 cm³/mol. The van der Waals surface area contributed by atoms with Crippen molar-refractivity contribution in [1.82, 2.24) is 0 Å². The van der Waals surface area contributed by atoms with Crippen LogP contribution in [0.25, 0.3) is 0 Å². The summed E-state index contributed by atoms with van der Waals surface area (Å²) in [5.74, 6) is 4.38. The van der Waals surface area contributed by atoms with Gasteiger partial charge < -0.3 is 4.74 Å². The van der Waals surface area contributed by atoms with Crippen molar-refractivity contribution in [1.29, 1.82) is 0 Å². The summed E-state index contributed by atoms with van der Waals surface area (Å²) >= 11 is 0. The summed E-state index contributed by atoms with van der Waals surface area (Å²) in [5, 5.41) is 0. The zero-order valence-electron chi connectivity index (χ0n) is 12.9. The zero-order chi connectivity index (χ0) is 14.1. The Hall–Kier alpha value is -0.790. The molecule has 0 bridgehead atoms. The van der Waals surface area contributed by atoms with Crippen molar-refractivity contribution in [3.05, 3.63) is 11.6 Å². The van der Waals surface area contributed by atoms with Gasteiger partial charge in [0.2, 0.25) is 0 Å². The van der Waals surface area contributed by atoms with E-state index >= 15 is 0 Å². The van der Waals surface area contributed by atoms with Gasteiger partial charge in [0.15, 0.2) is 0 Å². The second kappa shape index (κ2) is 5.91. The minimum atomic E-state index is -0.0676. The Morgan fingerprint density at radius 1 is 1.10 bits per heavy atom. The van der Waals surface area contributed by atoms with Crippen LogP contribution in [-0.4, -0.2) is 12.6 Å². The van der Waals surface area contributed by atoms with Gasteiger partial charge >= 0.3 is 5.97 Å². The van der Waals surface area contributed by atoms with E-state index in [0.29, 0.717) is 6.61 Å². The monoisotopic (exact) mass is 276 g/mol. The molecule has 0 saturated heterocycles. The summed E-state index contributed by atoms with van der Waals surface area (Å²) in [5.41, 5.74) is 0.934. The molecule has 2 saturated carbocycles. The molecule has 0 radical (unpaired) electrons. The Bertz CT molecular complexity index is 398. The van der Waals surface area contributed by atoms with Gasteiger partial charge in [0.25, 0.3) is 0 Å². The minimum Gasteiger partial charge on any atom is -0.458 e. The molecule has 2 fully saturated rings. The molecule has 0 N–H and O–H groups in total. The van der Waals surface area contributed by atoms with Crippen molar-refractivity contribution in [2.45, 2.75) is 58.8 Å². The van der Waals surface area contributed by atoms with Crippen LogP contribution < -0.4 is 0 Å². The standard InChI is InChI=1S/C18H28O2/c1-12-4-3-5-17-15(12)8-6-13(2)16(17)9-7-14-10-11-20-18(14)19/h10,12-13,15-17H,3-9,11H2,1-2H3. The SMILES string of the molecule is CC1CCC2C(C)CCCC2C1CCC1=CCOC1=O. The molecule has 0 aromatic carbocycles. The van der Waals surface area contributed by atoms with Gasteiger partial charge in [0.05, 0.1) is 0 Å². The summed E-state index contributed by atoms with van der Waals surface area (Å²) in [6.07, 6.45) is 11.2. The lowest BCUT2D eigenvalue weighted by molar-refractivity contribution is -0.136. The van der Waals surface area contributed by atoms with E-state index in [2.05, 4.69) is 13.8 Å². The third-order valence-corrected chi connectivity index (χ3v) is 6.27. The van der Waals surface area contributed by atoms with Gasteiger partial charge in [0.1, 0.15) is 6.61 Å². The average Bonchev–Trinajstić information content (AvgIpc) is 2.83. The maximum atomic E-state index is 11.6. The number of carbonyl (C=O) groups is 1. The van der Waals surface area contributed by atoms with Crippen molar-refractivity contribution in [3.63, 3.8) is 0 Å². The fourth-order valence-electron chi connectivity index (χ4n) is 5.07. The normalized spacial score (nSPS) is 41.0. The van der Waals surface area contributed by atoms with Gasteiger partial charge in [-0.3, -0.25) is 0 Å². The molecular weight excluding hydrogens is 248 g/mol. The van der Waals surface area contributed by atoms with E-state index in [1.165, 1.54) is 38.5 Å². The smallest absolute Gasteiger partial charge is 0.334 e. The zero-order valence-corrected chi connectivity index (χ0v) is 12.9. The van der Waals surface area contributed by atoms with Crippen LogP contribution in [0.1, 0.15) is 58.8 Å². The maximum absolute atomic E-state index is 11.6. The molecule has 5 atom stereocenters. The summed E-state index contributed by atoms with van der Waals surface area (Å²) < 4.78 is 5.02. The van der Waals surface area contributed by atoms with Crippen molar-refractivity contribution < 1.29 is 9.53 Å². The molecule has 3 rings (SSSR count). The van der Waals surface area contributed by atoms with Crippen LogP contribution in [0.15, 0.2) is 11.6 Å². The number of hydrogen-bond donors (Lipinski definition) is 0. The molecule has 2 heteroatoms. The van der Waals surface area contributed by atoms with E-state index in [4.69, 9.17) is 4.74 Å². The highest BCUT2D eigenvalue weighted by atomic mass is 16.5. The van der Waals surface area contributed by atoms with E-state index in [1.807, 2.05) is 6.08 Å². The Kier molecular flexibility index (Phi) is 4.18. The molecule has 1 heterocycles. The van der Waals surface area contributed by atoms with Crippen LogP contribution in [0.2, 0.25) is 0 Å². The molecule has 112 valence electrons. The molecule has 0 aromatic rings. The van der Waals surface area contributed by atoms with Crippen LogP contribution in [0.3, 0.4) is 0 Å². The first-order valence-electron chi connectivity index (χ1n) is 8.53. The van der Waals surface area contributed by atoms with E-state index in [0.717, 1.165) is 41.6 Å². The lowest BCUT2D eigenvalue weighted by atomic mass is 9.58. The number of fused-ring (bicyclic) bond motifs is 1. The Morgan fingerprint density at radius 2 is 1.95 bits per heavy atom. The van der Waals surface area contributed by atoms with E-state index < -0.39 is 0 Å². The van der Waals surface area contributed by atoms with Gasteiger partial charge in [-0.15, -0.1) is 0 Å². The van der Waals surface area contributed by atoms with Crippen molar-refractivity contribution >= 4 is 5.97 Å². The first-order chi connectivity index (χ1) is 9.66. The Morgan fingerprint density at radius 3 is 2.70 bits per heavy atom. The van der Waals surface area contributed by atoms with Gasteiger partial charge in [-0.25, -0.2) is 4.79 Å². The molecule has 0 amide bonds. The van der Waals surface area contributed by atoms with Gasteiger partial charge in [-0.05, 0) is 61.3 Å². The highest BCUT2D eigenvalue weighted by molar-refractivity contribution is 5.90. The van der Waals surface area contributed by atoms with Crippen molar-refractivity contribution in [2.75, 3.05) is 6.61 Å². The quantitative estimate of drug-likeness (QED) is 0.716. The summed E-state index contributed by atoms with van der Waals surface area (Å²) in [7, 11) is 0. The van der Waals surface area contributed by atoms with E-state index in [-0.39, 0.29) is 5.97 Å². The van der Waals surface area contributed by atoms with Crippen LogP contribution >= 0.6 is 0 Å². The third-order valence-electron chi connectivity index (χ3n) is 6.27. The number of carbonyl (C=O) groups excluding carboxylic acids is 1. The Labute approximate surface area is 123 Å². The molecule has 2 nitrogen and oxygen atoms in total. The molecule has 5 unspecified atom stereocenters. The fourth-order valence-corrected chi connectivity index (χ4v) is 5.07. The number of cyclic esters (lactones) is 1. The van der Waals surface area contributed by atoms with Crippen molar-refractivity contribution in [3.8, 4) is 0 Å². The summed E-state index contributed by atoms with van der Waals surface area (Å²) in [4.78, 5) is 11.6. The van der Waals surface area contributed by atoms with Gasteiger partial charge in [-0.2, -0.15) is 0 Å². The highest BCUT2D eigenvalue weighted by Crippen LogP contribution is 2.50. The first kappa shape index (κ1) is 14.2. The summed E-state index contributed by atoms with van der Waals surface area (Å²) in [6, 6.07) is 0. The second-order valence-corrected chi connectivity index (χ2v) is 7.32. The van der Waals surface area contributed by atoms with Crippen LogP contribution in [0.4, 0.5) is 0 Å². The van der Waals surface area contributed by atoms with Gasteiger partial charge in [-0.1, -0.05) is 33.1 Å². The molecule has 2 aliphatic carbocycles. The third kappa shape index (κ3) is 2.66. The minimum absolute atomic E-state index is 0.0676. The molecule has 1 aliphatic heterocycles. The van der Waals surface area contributed by atoms with E-state index in [1.54, 1.807) is 0 Å². The number of hydrogen-bond acceptors (Lipinski definition) is 2. The lowest BCUT2D eigenvalue weighted by Crippen LogP contribution is -2.39. The fraction of sp³-hybridized carbons (Fsp3) is 0.833. The van der Waals surface area contributed by atoms with E-state index in [9.17, 15) is 4.79 Å². The van der Waals surface area contributed by atoms with Gasteiger partial charge in [0, 0.05) is 5.57 Å². The highest BCUT2D eigenvalue weighted by Gasteiger charge is 2.41. The van der Waals surface area contributed by atoms with Crippen molar-refractivity contribution in [2.24, 2.45) is 29.6 Å². The molecule has 0 aromatic heterocycles. The van der Waals surface area contributed by atoms with Crippen LogP contribution in [-0.2, 0) is 9.53 Å². The number of rotatable bonds is 3. The maximum Gasteiger partial charge on any atom is 0.334 e. The summed E-state index contributed by atoms with van der Waals surface area (Å²) in [6.45, 7) is 5.39. The molecule has 20 heavy (non-hydrogen) atoms. The average molecular weight is 276 g/mol. The first-order valence-corrected chi connectivity index (χ1v) is 8.53. The number of ether oxygens (including phenoxy) is 1. The second-order valence-electron chi connectivity index (χ2n) is 7.32. The Balaban J connectivity index is 1.65. The lowest BCUT2D eigenvalue weighted by Gasteiger charge is -2.47. The largest absolute Gasteiger partial charge is 0.458 e.